The maximum Gasteiger partial charge on any atom is 0.315 e. The number of aromatic nitrogens is 1. The number of nitrogens with zero attached hydrogens (tertiary/aromatic N) is 1. The molecule has 4 nitrogen and oxygen atoms in total. The van der Waals surface area contributed by atoms with Gasteiger partial charge in [-0.1, -0.05) is 54.6 Å². The van der Waals surface area contributed by atoms with Crippen molar-refractivity contribution in [2.24, 2.45) is 0 Å². The number of fused-ring (bicyclic) bond motifs is 3. The molecule has 0 aliphatic rings. The van der Waals surface area contributed by atoms with Gasteiger partial charge in [-0.3, -0.25) is 9.78 Å². The van der Waals surface area contributed by atoms with Crippen LogP contribution in [0.1, 0.15) is 17.2 Å². The Hall–Kier alpha value is -3.40. The van der Waals surface area contributed by atoms with Gasteiger partial charge in [-0.05, 0) is 35.6 Å². The number of ether oxygens (including phenoxy) is 1. The average molecular weight is 357 g/mol. The fraction of sp³-hybridized carbons (Fsp3) is 0.130. The van der Waals surface area contributed by atoms with Crippen LogP contribution in [0.3, 0.4) is 0 Å². The van der Waals surface area contributed by atoms with E-state index in [1.807, 2.05) is 54.6 Å². The quantitative estimate of drug-likeness (QED) is 0.429. The maximum atomic E-state index is 12.7. The minimum atomic E-state index is -0.533. The summed E-state index contributed by atoms with van der Waals surface area (Å²) in [6.07, 6.45) is 0.447. The highest BCUT2D eigenvalue weighted by Crippen LogP contribution is 2.32. The zero-order valence-corrected chi connectivity index (χ0v) is 14.9. The number of aromatic hydroxyl groups is 1. The Labute approximate surface area is 157 Å². The Bertz CT molecular complexity index is 1120. The van der Waals surface area contributed by atoms with E-state index in [0.717, 1.165) is 27.2 Å². The van der Waals surface area contributed by atoms with Crippen molar-refractivity contribution in [2.45, 2.75) is 12.3 Å². The first kappa shape index (κ1) is 17.0. The van der Waals surface area contributed by atoms with Crippen LogP contribution < -0.4 is 0 Å². The van der Waals surface area contributed by atoms with Crippen molar-refractivity contribution in [3.05, 3.63) is 84.1 Å². The topological polar surface area (TPSA) is 59.4 Å². The van der Waals surface area contributed by atoms with Crippen molar-refractivity contribution in [1.82, 2.24) is 4.98 Å². The number of carbonyl (C=O) groups excluding carboxylic acids is 1. The zero-order valence-electron chi connectivity index (χ0n) is 14.9. The molecule has 0 radical (unpaired) electrons. The summed E-state index contributed by atoms with van der Waals surface area (Å²) in [6.45, 7) is 0. The van der Waals surface area contributed by atoms with E-state index in [2.05, 4.69) is 6.07 Å². The standard InChI is InChI=1S/C23H19NO3/c1-27-23(26)20(14-15-10-12-16(25)13-11-15)22-19-8-3-2-6-17(19)18-7-4-5-9-21(18)24-22/h2-13,20,25H,14H2,1H3. The number of hydrogen-bond donors (Lipinski definition) is 1. The largest absolute Gasteiger partial charge is 0.508 e. The molecule has 1 heterocycles. The predicted octanol–water partition coefficient (Wildman–Crippen LogP) is 4.59. The number of phenolic OH excluding ortho intramolecular Hbond substituents is 1. The first-order valence-electron chi connectivity index (χ1n) is 8.80. The highest BCUT2D eigenvalue weighted by molar-refractivity contribution is 6.07. The smallest absolute Gasteiger partial charge is 0.315 e. The van der Waals surface area contributed by atoms with Crippen molar-refractivity contribution in [2.75, 3.05) is 7.11 Å². The monoisotopic (exact) mass is 357 g/mol. The molecule has 1 N–H and O–H groups in total. The molecule has 1 aromatic heterocycles. The van der Waals surface area contributed by atoms with E-state index < -0.39 is 5.92 Å². The third-order valence-corrected chi connectivity index (χ3v) is 4.83. The van der Waals surface area contributed by atoms with Crippen LogP contribution in [-0.4, -0.2) is 23.2 Å². The van der Waals surface area contributed by atoms with E-state index in [0.29, 0.717) is 12.1 Å². The lowest BCUT2D eigenvalue weighted by Crippen LogP contribution is -2.18. The minimum absolute atomic E-state index is 0.197. The number of pyridine rings is 1. The fourth-order valence-corrected chi connectivity index (χ4v) is 3.50. The van der Waals surface area contributed by atoms with E-state index in [9.17, 15) is 9.90 Å². The normalized spacial score (nSPS) is 12.2. The third kappa shape index (κ3) is 3.22. The molecule has 4 aromatic rings. The summed E-state index contributed by atoms with van der Waals surface area (Å²) in [6, 6.07) is 22.8. The van der Waals surface area contributed by atoms with Gasteiger partial charge in [0, 0.05) is 10.8 Å². The van der Waals surface area contributed by atoms with Gasteiger partial charge in [0.1, 0.15) is 11.7 Å². The lowest BCUT2D eigenvalue weighted by Gasteiger charge is -2.18. The Morgan fingerprint density at radius 2 is 1.56 bits per heavy atom. The van der Waals surface area contributed by atoms with E-state index >= 15 is 0 Å². The molecule has 0 spiro atoms. The summed E-state index contributed by atoms with van der Waals surface area (Å²) in [7, 11) is 1.40. The van der Waals surface area contributed by atoms with Crippen LogP contribution in [0.5, 0.6) is 5.75 Å². The number of phenols is 1. The molecule has 0 saturated heterocycles. The van der Waals surface area contributed by atoms with Crippen molar-refractivity contribution in [3.8, 4) is 5.75 Å². The average Bonchev–Trinajstić information content (AvgIpc) is 2.72. The molecule has 0 aliphatic heterocycles. The molecule has 4 heteroatoms. The summed E-state index contributed by atoms with van der Waals surface area (Å²) in [5.41, 5.74) is 2.50. The van der Waals surface area contributed by atoms with E-state index in [1.54, 1.807) is 12.1 Å². The first-order valence-corrected chi connectivity index (χ1v) is 8.80. The summed E-state index contributed by atoms with van der Waals surface area (Å²) in [5, 5.41) is 12.6. The maximum absolute atomic E-state index is 12.7. The van der Waals surface area contributed by atoms with Gasteiger partial charge in [-0.15, -0.1) is 0 Å². The number of esters is 1. The lowest BCUT2D eigenvalue weighted by atomic mass is 9.91. The highest BCUT2D eigenvalue weighted by atomic mass is 16.5. The number of rotatable bonds is 4. The minimum Gasteiger partial charge on any atom is -0.508 e. The second-order valence-corrected chi connectivity index (χ2v) is 6.51. The van der Waals surface area contributed by atoms with Gasteiger partial charge in [0.25, 0.3) is 0 Å². The third-order valence-electron chi connectivity index (χ3n) is 4.83. The Morgan fingerprint density at radius 3 is 2.26 bits per heavy atom. The van der Waals surface area contributed by atoms with Crippen molar-refractivity contribution < 1.29 is 14.6 Å². The van der Waals surface area contributed by atoms with Crippen LogP contribution in [0.4, 0.5) is 0 Å². The molecule has 0 amide bonds. The van der Waals surface area contributed by atoms with Gasteiger partial charge in [-0.2, -0.15) is 0 Å². The Balaban J connectivity index is 1.91. The van der Waals surface area contributed by atoms with Crippen LogP contribution in [0.25, 0.3) is 21.7 Å². The summed E-state index contributed by atoms with van der Waals surface area (Å²) < 4.78 is 5.10. The van der Waals surface area contributed by atoms with E-state index in [-0.39, 0.29) is 11.7 Å². The van der Waals surface area contributed by atoms with Gasteiger partial charge in [0.15, 0.2) is 0 Å². The molecule has 4 rings (SSSR count). The van der Waals surface area contributed by atoms with E-state index in [1.165, 1.54) is 7.11 Å². The SMILES string of the molecule is COC(=O)C(Cc1ccc(O)cc1)c1nc2ccccc2c2ccccc12. The Kier molecular flexibility index (Phi) is 4.47. The number of para-hydroxylation sites is 1. The summed E-state index contributed by atoms with van der Waals surface area (Å²) >= 11 is 0. The number of benzene rings is 3. The predicted molar refractivity (Wildman–Crippen MR) is 106 cm³/mol. The van der Waals surface area contributed by atoms with Crippen LogP contribution in [-0.2, 0) is 16.0 Å². The number of carbonyl (C=O) groups is 1. The molecular formula is C23H19NO3. The Morgan fingerprint density at radius 1 is 0.926 bits per heavy atom. The molecule has 0 bridgehead atoms. The van der Waals surface area contributed by atoms with Crippen molar-refractivity contribution in [3.63, 3.8) is 0 Å². The molecule has 3 aromatic carbocycles. The molecule has 0 saturated carbocycles. The lowest BCUT2D eigenvalue weighted by molar-refractivity contribution is -0.142. The molecule has 1 unspecified atom stereocenters. The van der Waals surface area contributed by atoms with Crippen LogP contribution in [0.15, 0.2) is 72.8 Å². The van der Waals surface area contributed by atoms with Crippen LogP contribution in [0, 0.1) is 0 Å². The summed E-state index contributed by atoms with van der Waals surface area (Å²) in [4.78, 5) is 17.5. The number of hydrogen-bond acceptors (Lipinski definition) is 4. The van der Waals surface area contributed by atoms with Crippen molar-refractivity contribution >= 4 is 27.6 Å². The van der Waals surface area contributed by atoms with Crippen LogP contribution >= 0.6 is 0 Å². The molecule has 1 atom stereocenters. The van der Waals surface area contributed by atoms with Gasteiger partial charge in [-0.25, -0.2) is 0 Å². The molecular weight excluding hydrogens is 338 g/mol. The van der Waals surface area contributed by atoms with Gasteiger partial charge < -0.3 is 9.84 Å². The number of methoxy groups -OCH3 is 1. The molecule has 0 fully saturated rings. The second-order valence-electron chi connectivity index (χ2n) is 6.51. The summed E-state index contributed by atoms with van der Waals surface area (Å²) in [5.74, 6) is -0.660. The molecule has 27 heavy (non-hydrogen) atoms. The highest BCUT2D eigenvalue weighted by Gasteiger charge is 2.26. The fourth-order valence-electron chi connectivity index (χ4n) is 3.50. The van der Waals surface area contributed by atoms with Gasteiger partial charge in [0.2, 0.25) is 0 Å². The first-order chi connectivity index (χ1) is 13.2. The van der Waals surface area contributed by atoms with Crippen molar-refractivity contribution in [1.29, 1.82) is 0 Å². The molecule has 0 aliphatic carbocycles. The zero-order chi connectivity index (χ0) is 18.8. The van der Waals surface area contributed by atoms with Gasteiger partial charge >= 0.3 is 5.97 Å². The van der Waals surface area contributed by atoms with Crippen LogP contribution in [0.2, 0.25) is 0 Å². The van der Waals surface area contributed by atoms with Gasteiger partial charge in [0.05, 0.1) is 18.3 Å². The molecule has 134 valence electrons. The van der Waals surface area contributed by atoms with E-state index in [4.69, 9.17) is 9.72 Å². The second kappa shape index (κ2) is 7.08.